The van der Waals surface area contributed by atoms with Crippen molar-refractivity contribution in [3.05, 3.63) is 131 Å². The van der Waals surface area contributed by atoms with Gasteiger partial charge in [-0.1, -0.05) is 91.0 Å². The third-order valence-corrected chi connectivity index (χ3v) is 7.54. The van der Waals surface area contributed by atoms with Crippen molar-refractivity contribution in [2.75, 3.05) is 7.11 Å². The van der Waals surface area contributed by atoms with Crippen LogP contribution in [0.1, 0.15) is 40.8 Å². The lowest BCUT2D eigenvalue weighted by atomic mass is 9.89. The van der Waals surface area contributed by atoms with Crippen LogP contribution in [0.4, 0.5) is 0 Å². The van der Waals surface area contributed by atoms with E-state index in [0.717, 1.165) is 22.3 Å². The lowest BCUT2D eigenvalue weighted by molar-refractivity contribution is -0.264. The van der Waals surface area contributed by atoms with Gasteiger partial charge in [0.25, 0.3) is 0 Å². The molecule has 4 aromatic carbocycles. The zero-order valence-electron chi connectivity index (χ0n) is 23.8. The van der Waals surface area contributed by atoms with Crippen LogP contribution in [0.15, 0.2) is 103 Å². The highest BCUT2D eigenvalue weighted by Gasteiger charge is 2.48. The Hall–Kier alpha value is -3.68. The lowest BCUT2D eigenvalue weighted by Gasteiger charge is -2.46. The van der Waals surface area contributed by atoms with Crippen LogP contribution in [0.3, 0.4) is 0 Å². The van der Waals surface area contributed by atoms with Gasteiger partial charge in [-0.2, -0.15) is 0 Å². The maximum atomic E-state index is 10.4. The van der Waals surface area contributed by atoms with Gasteiger partial charge in [-0.05, 0) is 42.7 Å². The van der Waals surface area contributed by atoms with Gasteiger partial charge in [-0.3, -0.25) is 0 Å². The van der Waals surface area contributed by atoms with E-state index in [0.29, 0.717) is 31.1 Å². The molecule has 5 rings (SSSR count). The predicted molar refractivity (Wildman–Crippen MR) is 158 cm³/mol. The smallest absolute Gasteiger partial charge is 0.131 e. The second-order valence-electron chi connectivity index (χ2n) is 10.4. The molecule has 1 aliphatic heterocycles. The van der Waals surface area contributed by atoms with Gasteiger partial charge in [-0.15, -0.1) is 0 Å². The summed E-state index contributed by atoms with van der Waals surface area (Å²) in [6.07, 6.45) is -2.25. The Morgan fingerprint density at radius 2 is 1.10 bits per heavy atom. The van der Waals surface area contributed by atoms with E-state index >= 15 is 0 Å². The van der Waals surface area contributed by atoms with E-state index in [-0.39, 0.29) is 11.9 Å². The summed E-state index contributed by atoms with van der Waals surface area (Å²) in [4.78, 5) is 0. The Balaban J connectivity index is 1.51. The minimum absolute atomic E-state index is 0.164. The molecule has 1 fully saturated rings. The maximum Gasteiger partial charge on any atom is 0.131 e. The summed E-state index contributed by atoms with van der Waals surface area (Å²) in [6.45, 7) is 5.03. The van der Waals surface area contributed by atoms with Crippen LogP contribution in [0.25, 0.3) is 0 Å². The van der Waals surface area contributed by atoms with Gasteiger partial charge in [0, 0.05) is 11.1 Å². The van der Waals surface area contributed by atoms with Crippen molar-refractivity contribution in [2.45, 2.75) is 64.2 Å². The van der Waals surface area contributed by atoms with Crippen LogP contribution in [-0.4, -0.2) is 36.6 Å². The molecule has 214 valence electrons. The minimum Gasteiger partial charge on any atom is -0.508 e. The molecule has 6 heteroatoms. The van der Waals surface area contributed by atoms with Gasteiger partial charge >= 0.3 is 0 Å². The van der Waals surface area contributed by atoms with Crippen molar-refractivity contribution >= 4 is 0 Å². The van der Waals surface area contributed by atoms with Gasteiger partial charge in [0.05, 0.1) is 33.0 Å². The average molecular weight is 555 g/mol. The zero-order chi connectivity index (χ0) is 28.6. The summed E-state index contributed by atoms with van der Waals surface area (Å²) >= 11 is 0. The fraction of sp³-hybridized carbons (Fsp3) is 0.314. The van der Waals surface area contributed by atoms with Crippen LogP contribution in [0, 0.1) is 6.92 Å². The first kappa shape index (κ1) is 28.8. The summed E-state index contributed by atoms with van der Waals surface area (Å²) < 4.78 is 32.4. The highest BCUT2D eigenvalue weighted by Crippen LogP contribution is 2.43. The molecular formula is C35H38O6. The van der Waals surface area contributed by atoms with Gasteiger partial charge in [0.15, 0.2) is 0 Å². The molecule has 0 spiro atoms. The number of rotatable bonds is 11. The summed E-state index contributed by atoms with van der Waals surface area (Å²) in [7, 11) is 1.60. The van der Waals surface area contributed by atoms with Crippen LogP contribution < -0.4 is 4.74 Å². The van der Waals surface area contributed by atoms with E-state index in [2.05, 4.69) is 0 Å². The Labute approximate surface area is 242 Å². The molecule has 0 aliphatic carbocycles. The van der Waals surface area contributed by atoms with E-state index in [1.807, 2.05) is 111 Å². The number of ether oxygens (including phenoxy) is 5. The van der Waals surface area contributed by atoms with Crippen molar-refractivity contribution in [3.8, 4) is 11.5 Å². The second kappa shape index (κ2) is 13.8. The molecule has 1 saturated heterocycles. The Bertz CT molecular complexity index is 1360. The number of phenols is 1. The summed E-state index contributed by atoms with van der Waals surface area (Å²) in [5.41, 5.74) is 4.61. The van der Waals surface area contributed by atoms with Crippen molar-refractivity contribution in [1.29, 1.82) is 0 Å². The average Bonchev–Trinajstić information content (AvgIpc) is 3.01. The summed E-state index contributed by atoms with van der Waals surface area (Å²) in [5.74, 6) is 0.734. The quantitative estimate of drug-likeness (QED) is 0.217. The predicted octanol–water partition coefficient (Wildman–Crippen LogP) is 6.93. The third-order valence-electron chi connectivity index (χ3n) is 7.54. The fourth-order valence-electron chi connectivity index (χ4n) is 5.36. The van der Waals surface area contributed by atoms with Gasteiger partial charge in [-0.25, -0.2) is 0 Å². The molecule has 5 atom stereocenters. The molecule has 3 unspecified atom stereocenters. The summed E-state index contributed by atoms with van der Waals surface area (Å²) in [6, 6.07) is 33.8. The van der Waals surface area contributed by atoms with Gasteiger partial charge < -0.3 is 28.8 Å². The molecule has 41 heavy (non-hydrogen) atoms. The van der Waals surface area contributed by atoms with Crippen molar-refractivity contribution < 1.29 is 28.8 Å². The number of hydrogen-bond donors (Lipinski definition) is 1. The SMILES string of the molecule is COc1c([C@H]2OC(C)[C@@H](OCc3ccccc3)C(OCc3ccccc3)C2OCc2ccccc2)ccc(O)c1C. The maximum absolute atomic E-state index is 10.4. The highest BCUT2D eigenvalue weighted by molar-refractivity contribution is 5.50. The molecule has 4 aromatic rings. The molecule has 0 radical (unpaired) electrons. The zero-order valence-corrected chi connectivity index (χ0v) is 23.8. The molecule has 0 amide bonds. The molecule has 0 saturated carbocycles. The van der Waals surface area contributed by atoms with E-state index in [1.54, 1.807) is 13.2 Å². The monoisotopic (exact) mass is 554 g/mol. The third kappa shape index (κ3) is 6.97. The van der Waals surface area contributed by atoms with E-state index in [4.69, 9.17) is 23.7 Å². The van der Waals surface area contributed by atoms with Crippen LogP contribution in [0.5, 0.6) is 11.5 Å². The topological polar surface area (TPSA) is 66.4 Å². The number of benzene rings is 4. The number of phenolic OH excluding ortho intramolecular Hbond substituents is 1. The van der Waals surface area contributed by atoms with Crippen molar-refractivity contribution in [1.82, 2.24) is 0 Å². The molecular weight excluding hydrogens is 516 g/mol. The number of aromatic hydroxyl groups is 1. The number of hydrogen-bond acceptors (Lipinski definition) is 6. The van der Waals surface area contributed by atoms with Crippen LogP contribution in [-0.2, 0) is 38.8 Å². The molecule has 6 nitrogen and oxygen atoms in total. The first-order valence-corrected chi connectivity index (χ1v) is 14.0. The Morgan fingerprint density at radius 1 is 0.634 bits per heavy atom. The van der Waals surface area contributed by atoms with Gasteiger partial charge in [0.2, 0.25) is 0 Å². The van der Waals surface area contributed by atoms with Crippen molar-refractivity contribution in [2.24, 2.45) is 0 Å². The number of methoxy groups -OCH3 is 1. The minimum atomic E-state index is -0.534. The highest BCUT2D eigenvalue weighted by atomic mass is 16.6. The standard InChI is InChI=1S/C35H38O6/c1-24-30(36)20-19-29(31(24)37-3)33-35(40-23-28-17-11-6-12-18-28)34(39-22-27-15-9-5-10-16-27)32(25(2)41-33)38-21-26-13-7-4-8-14-26/h4-20,25,32-36H,21-23H2,1-3H3/t25?,32-,33-,34?,35?/m1/s1. The molecule has 1 aliphatic rings. The largest absolute Gasteiger partial charge is 0.508 e. The van der Waals surface area contributed by atoms with Crippen LogP contribution in [0.2, 0.25) is 0 Å². The molecule has 0 bridgehead atoms. The van der Waals surface area contributed by atoms with Crippen LogP contribution >= 0.6 is 0 Å². The van der Waals surface area contributed by atoms with Crippen molar-refractivity contribution in [3.63, 3.8) is 0 Å². The van der Waals surface area contributed by atoms with E-state index in [1.165, 1.54) is 0 Å². The normalized spacial score (nSPS) is 22.4. The van der Waals surface area contributed by atoms with Gasteiger partial charge in [0.1, 0.15) is 35.9 Å². The first-order valence-electron chi connectivity index (χ1n) is 14.0. The first-order chi connectivity index (χ1) is 20.0. The van der Waals surface area contributed by atoms with E-state index in [9.17, 15) is 5.11 Å². The molecule has 0 aromatic heterocycles. The van der Waals surface area contributed by atoms with E-state index < -0.39 is 24.4 Å². The Kier molecular flexibility index (Phi) is 9.70. The molecule has 1 heterocycles. The molecule has 1 N–H and O–H groups in total. The second-order valence-corrected chi connectivity index (χ2v) is 10.4. The lowest BCUT2D eigenvalue weighted by Crippen LogP contribution is -2.56. The fourth-order valence-corrected chi connectivity index (χ4v) is 5.36. The summed E-state index contributed by atoms with van der Waals surface area (Å²) in [5, 5.41) is 10.4. The Morgan fingerprint density at radius 3 is 1.59 bits per heavy atom.